The molecule has 0 unspecified atom stereocenters. The zero-order chi connectivity index (χ0) is 17.6. The lowest BCUT2D eigenvalue weighted by molar-refractivity contribution is -0.135. The molecule has 2 N–H and O–H groups in total. The fourth-order valence-corrected chi connectivity index (χ4v) is 3.86. The molecule has 2 aromatic rings. The number of hydrogen-bond donors (Lipinski definition) is 2. The molecule has 4 rings (SSSR count). The number of rotatable bonds is 2. The molecule has 0 saturated carbocycles. The molecule has 1 aromatic heterocycles. The number of imide groups is 1. The molecule has 4 amide bonds. The van der Waals surface area contributed by atoms with Crippen molar-refractivity contribution in [2.24, 2.45) is 7.05 Å². The van der Waals surface area contributed by atoms with Gasteiger partial charge in [0, 0.05) is 37.2 Å². The summed E-state index contributed by atoms with van der Waals surface area (Å²) in [5.74, 6) is -0.227. The lowest BCUT2D eigenvalue weighted by Crippen LogP contribution is -2.55. The van der Waals surface area contributed by atoms with E-state index in [0.29, 0.717) is 32.4 Å². The summed E-state index contributed by atoms with van der Waals surface area (Å²) in [6.07, 6.45) is 3.24. The highest BCUT2D eigenvalue weighted by molar-refractivity contribution is 6.07. The highest BCUT2D eigenvalue weighted by Gasteiger charge is 2.48. The topological polar surface area (TPSA) is 83.4 Å². The lowest BCUT2D eigenvalue weighted by Gasteiger charge is -2.37. The first-order valence-corrected chi connectivity index (χ1v) is 8.43. The van der Waals surface area contributed by atoms with Gasteiger partial charge in [-0.15, -0.1) is 0 Å². The fraction of sp³-hybridized carbons (Fsp3) is 0.389. The molecule has 2 aliphatic heterocycles. The molecule has 0 atom stereocenters. The Morgan fingerprint density at radius 1 is 1.20 bits per heavy atom. The fourth-order valence-electron chi connectivity index (χ4n) is 3.86. The second kappa shape index (κ2) is 5.61. The highest BCUT2D eigenvalue weighted by atomic mass is 16.2. The van der Waals surface area contributed by atoms with E-state index in [2.05, 4.69) is 10.6 Å². The van der Waals surface area contributed by atoms with Gasteiger partial charge in [-0.05, 0) is 24.5 Å². The van der Waals surface area contributed by atoms with E-state index >= 15 is 0 Å². The van der Waals surface area contributed by atoms with Crippen LogP contribution in [0.5, 0.6) is 0 Å². The number of fused-ring (bicyclic) bond motifs is 1. The zero-order valence-corrected chi connectivity index (χ0v) is 14.0. The molecule has 1 spiro atoms. The summed E-state index contributed by atoms with van der Waals surface area (Å²) >= 11 is 0. The molecule has 2 saturated heterocycles. The van der Waals surface area contributed by atoms with Gasteiger partial charge in [0.2, 0.25) is 5.91 Å². The maximum atomic E-state index is 12.7. The first-order chi connectivity index (χ1) is 12.0. The molecule has 0 bridgehead atoms. The van der Waals surface area contributed by atoms with Gasteiger partial charge in [0.25, 0.3) is 5.91 Å². The molecule has 130 valence electrons. The Hall–Kier alpha value is -2.83. The first kappa shape index (κ1) is 15.7. The van der Waals surface area contributed by atoms with Crippen molar-refractivity contribution in [3.05, 3.63) is 36.0 Å². The molecular weight excluding hydrogens is 320 g/mol. The number of nitrogens with zero attached hydrogens (tertiary/aromatic N) is 2. The number of aryl methyl sites for hydroxylation is 1. The average Bonchev–Trinajstić information content (AvgIpc) is 3.05. The van der Waals surface area contributed by atoms with E-state index in [-0.39, 0.29) is 11.8 Å². The van der Waals surface area contributed by atoms with Crippen LogP contribution >= 0.6 is 0 Å². The number of hydrogen-bond acceptors (Lipinski definition) is 3. The summed E-state index contributed by atoms with van der Waals surface area (Å²) in [7, 11) is 1.97. The predicted molar refractivity (Wildman–Crippen MR) is 91.8 cm³/mol. The summed E-state index contributed by atoms with van der Waals surface area (Å²) in [6.45, 7) is 0.939. The smallest absolute Gasteiger partial charge is 0.322 e. The van der Waals surface area contributed by atoms with Gasteiger partial charge in [0.15, 0.2) is 0 Å². The molecule has 0 radical (unpaired) electrons. The minimum absolute atomic E-state index is 0.0518. The minimum Gasteiger partial charge on any atom is -0.350 e. The van der Waals surface area contributed by atoms with Crippen molar-refractivity contribution in [1.82, 2.24) is 20.1 Å². The number of carbonyl (C=O) groups is 3. The van der Waals surface area contributed by atoms with Crippen LogP contribution in [-0.2, 0) is 23.1 Å². The van der Waals surface area contributed by atoms with E-state index in [4.69, 9.17) is 0 Å². The third-order valence-electron chi connectivity index (χ3n) is 5.31. The Morgan fingerprint density at radius 2 is 1.92 bits per heavy atom. The van der Waals surface area contributed by atoms with Crippen LogP contribution in [0.1, 0.15) is 18.4 Å². The van der Waals surface area contributed by atoms with Crippen LogP contribution in [-0.4, -0.2) is 45.9 Å². The van der Waals surface area contributed by atoms with Crippen molar-refractivity contribution in [3.8, 4) is 0 Å². The monoisotopic (exact) mass is 340 g/mol. The Morgan fingerprint density at radius 3 is 2.60 bits per heavy atom. The molecule has 25 heavy (non-hydrogen) atoms. The van der Waals surface area contributed by atoms with Gasteiger partial charge in [-0.2, -0.15) is 0 Å². The van der Waals surface area contributed by atoms with E-state index in [1.807, 2.05) is 42.1 Å². The standard InChI is InChI=1S/C18H20N4O3/c1-21-11-12(13-4-2-3-5-14(13)21)10-15(23)22-8-6-18(7-9-22)16(24)19-17(25)20-18/h2-5,11H,6-10H2,1H3,(H2,19,20,24,25). The minimum atomic E-state index is -0.840. The Bertz CT molecular complexity index is 878. The summed E-state index contributed by atoms with van der Waals surface area (Å²) in [4.78, 5) is 37.8. The summed E-state index contributed by atoms with van der Waals surface area (Å²) < 4.78 is 2.03. The number of likely N-dealkylation sites (tertiary alicyclic amines) is 1. The number of benzene rings is 1. The van der Waals surface area contributed by atoms with Gasteiger partial charge in [-0.25, -0.2) is 4.79 Å². The third-order valence-corrected chi connectivity index (χ3v) is 5.31. The van der Waals surface area contributed by atoms with Crippen molar-refractivity contribution in [2.45, 2.75) is 24.8 Å². The van der Waals surface area contributed by atoms with Crippen LogP contribution in [0, 0.1) is 0 Å². The van der Waals surface area contributed by atoms with Crippen LogP contribution in [0.4, 0.5) is 4.79 Å². The van der Waals surface area contributed by atoms with Crippen molar-refractivity contribution in [1.29, 1.82) is 0 Å². The van der Waals surface area contributed by atoms with E-state index in [1.165, 1.54) is 0 Å². The quantitative estimate of drug-likeness (QED) is 0.798. The second-order valence-corrected chi connectivity index (χ2v) is 6.83. The molecular formula is C18H20N4O3. The Kier molecular flexibility index (Phi) is 3.52. The second-order valence-electron chi connectivity index (χ2n) is 6.83. The highest BCUT2D eigenvalue weighted by Crippen LogP contribution is 2.27. The molecule has 1 aromatic carbocycles. The lowest BCUT2D eigenvalue weighted by atomic mass is 9.87. The van der Waals surface area contributed by atoms with Crippen molar-refractivity contribution in [2.75, 3.05) is 13.1 Å². The summed E-state index contributed by atoms with van der Waals surface area (Å²) in [5.41, 5.74) is 1.27. The molecule has 2 aliphatic rings. The van der Waals surface area contributed by atoms with Crippen molar-refractivity contribution < 1.29 is 14.4 Å². The van der Waals surface area contributed by atoms with E-state index < -0.39 is 11.6 Å². The zero-order valence-electron chi connectivity index (χ0n) is 14.0. The molecule has 7 heteroatoms. The van der Waals surface area contributed by atoms with Crippen LogP contribution in [0.3, 0.4) is 0 Å². The number of urea groups is 1. The van der Waals surface area contributed by atoms with Crippen LogP contribution < -0.4 is 10.6 Å². The van der Waals surface area contributed by atoms with E-state index in [9.17, 15) is 14.4 Å². The maximum absolute atomic E-state index is 12.7. The molecule has 0 aliphatic carbocycles. The van der Waals surface area contributed by atoms with Gasteiger partial charge in [-0.1, -0.05) is 18.2 Å². The van der Waals surface area contributed by atoms with Crippen molar-refractivity contribution in [3.63, 3.8) is 0 Å². The Labute approximate surface area is 145 Å². The van der Waals surface area contributed by atoms with Gasteiger partial charge >= 0.3 is 6.03 Å². The number of para-hydroxylation sites is 1. The molecule has 3 heterocycles. The average molecular weight is 340 g/mol. The van der Waals surface area contributed by atoms with Crippen LogP contribution in [0.15, 0.2) is 30.5 Å². The summed E-state index contributed by atoms with van der Waals surface area (Å²) in [6, 6.07) is 7.58. The summed E-state index contributed by atoms with van der Waals surface area (Å²) in [5, 5.41) is 6.10. The number of piperidine rings is 1. The van der Waals surface area contributed by atoms with Gasteiger partial charge in [-0.3, -0.25) is 14.9 Å². The molecule has 2 fully saturated rings. The van der Waals surface area contributed by atoms with Gasteiger partial charge in [0.05, 0.1) is 6.42 Å². The van der Waals surface area contributed by atoms with E-state index in [1.54, 1.807) is 4.90 Å². The molecule has 7 nitrogen and oxygen atoms in total. The van der Waals surface area contributed by atoms with Crippen LogP contribution in [0.25, 0.3) is 10.9 Å². The van der Waals surface area contributed by atoms with Crippen LogP contribution in [0.2, 0.25) is 0 Å². The van der Waals surface area contributed by atoms with Gasteiger partial charge in [0.1, 0.15) is 5.54 Å². The predicted octanol–water partition coefficient (Wildman–Crippen LogP) is 0.921. The number of nitrogens with one attached hydrogen (secondary N) is 2. The SMILES string of the molecule is Cn1cc(CC(=O)N2CCC3(CC2)NC(=O)NC3=O)c2ccccc21. The third kappa shape index (κ3) is 2.56. The number of amides is 4. The van der Waals surface area contributed by atoms with Gasteiger partial charge < -0.3 is 14.8 Å². The normalized spacial score (nSPS) is 19.3. The van der Waals surface area contributed by atoms with Crippen molar-refractivity contribution >= 4 is 28.7 Å². The Balaban J connectivity index is 1.46. The number of carbonyl (C=O) groups excluding carboxylic acids is 3. The largest absolute Gasteiger partial charge is 0.350 e. The van der Waals surface area contributed by atoms with E-state index in [0.717, 1.165) is 16.5 Å². The number of aromatic nitrogens is 1. The first-order valence-electron chi connectivity index (χ1n) is 8.43. The maximum Gasteiger partial charge on any atom is 0.322 e.